The van der Waals surface area contributed by atoms with Crippen molar-refractivity contribution >= 4 is 28.4 Å². The van der Waals surface area contributed by atoms with E-state index in [1.807, 2.05) is 25.1 Å². The number of nitrogens with one attached hydrogen (secondary N) is 2. The number of alkyl halides is 3. The van der Waals surface area contributed by atoms with Crippen LogP contribution in [-0.4, -0.2) is 47.0 Å². The molecule has 0 saturated carbocycles. The number of halogens is 4. The number of amides is 1. The number of carbonyl (C=O) groups is 1. The van der Waals surface area contributed by atoms with Gasteiger partial charge in [0.25, 0.3) is 5.91 Å². The molecule has 1 heterocycles. The highest BCUT2D eigenvalue weighted by Crippen LogP contribution is 2.32. The summed E-state index contributed by atoms with van der Waals surface area (Å²) in [6.45, 7) is 10.0. The number of aryl methyl sites for hydroxylation is 1. The lowest BCUT2D eigenvalue weighted by Crippen LogP contribution is -2.25. The average molecular weight is 554 g/mol. The second kappa shape index (κ2) is 12.4. The summed E-state index contributed by atoms with van der Waals surface area (Å²) in [6.07, 6.45) is -1.97. The van der Waals surface area contributed by atoms with E-state index in [9.17, 15) is 22.4 Å². The molecule has 0 spiro atoms. The first-order chi connectivity index (χ1) is 19.1. The van der Waals surface area contributed by atoms with Crippen LogP contribution in [0, 0.1) is 12.7 Å². The molecule has 40 heavy (non-hydrogen) atoms. The number of hydrogen-bond donors (Lipinski definition) is 2. The van der Waals surface area contributed by atoms with Crippen LogP contribution in [0.2, 0.25) is 0 Å². The molecule has 6 nitrogen and oxygen atoms in total. The Labute approximate surface area is 230 Å². The topological polar surface area (TPSA) is 70.2 Å². The molecule has 0 atom stereocenters. The van der Waals surface area contributed by atoms with E-state index in [1.165, 1.54) is 0 Å². The van der Waals surface area contributed by atoms with Crippen molar-refractivity contribution in [2.24, 2.45) is 0 Å². The molecule has 10 heteroatoms. The number of carbonyl (C=O) groups excluding carboxylic acids is 1. The highest BCUT2D eigenvalue weighted by molar-refractivity contribution is 6.05. The number of anilines is 2. The standard InChI is InChI=1S/C30H31F4N5O/c1-4-39(5-2)14-6-13-35-29-36-18-21-15-20(8-12-27(21)38-29)24-17-23(10-7-19(24)3)37-28(40)25-16-22(30(32,33)34)9-11-26(25)31/h7-12,15-18H,4-6,13-14H2,1-3H3,(H,37,40)(H,35,36,38). The minimum Gasteiger partial charge on any atom is -0.354 e. The van der Waals surface area contributed by atoms with Crippen LogP contribution in [0.4, 0.5) is 29.2 Å². The molecule has 0 aliphatic carbocycles. The van der Waals surface area contributed by atoms with Crippen LogP contribution < -0.4 is 10.6 Å². The number of fused-ring (bicyclic) bond motifs is 1. The summed E-state index contributed by atoms with van der Waals surface area (Å²) in [5.41, 5.74) is 1.86. The van der Waals surface area contributed by atoms with Crippen molar-refractivity contribution in [2.45, 2.75) is 33.4 Å². The third kappa shape index (κ3) is 6.93. The first-order valence-corrected chi connectivity index (χ1v) is 13.1. The predicted molar refractivity (Wildman–Crippen MR) is 150 cm³/mol. The Balaban J connectivity index is 1.50. The van der Waals surface area contributed by atoms with Crippen LogP contribution >= 0.6 is 0 Å². The van der Waals surface area contributed by atoms with E-state index < -0.39 is 29.0 Å². The summed E-state index contributed by atoms with van der Waals surface area (Å²) in [7, 11) is 0. The summed E-state index contributed by atoms with van der Waals surface area (Å²) in [5.74, 6) is -1.45. The minimum atomic E-state index is -4.69. The van der Waals surface area contributed by atoms with E-state index in [0.717, 1.165) is 60.2 Å². The van der Waals surface area contributed by atoms with Gasteiger partial charge in [0.15, 0.2) is 0 Å². The lowest BCUT2D eigenvalue weighted by atomic mass is 9.98. The van der Waals surface area contributed by atoms with Crippen LogP contribution in [0.3, 0.4) is 0 Å². The highest BCUT2D eigenvalue weighted by Gasteiger charge is 2.32. The van der Waals surface area contributed by atoms with Gasteiger partial charge in [0, 0.05) is 23.8 Å². The molecule has 0 fully saturated rings. The SMILES string of the molecule is CCN(CC)CCCNc1ncc2cc(-c3cc(NC(=O)c4cc(C(F)(F)F)ccc4F)ccc3C)ccc2n1. The molecule has 0 aliphatic heterocycles. The van der Waals surface area contributed by atoms with Gasteiger partial charge in [-0.05, 0) is 92.1 Å². The molecular weight excluding hydrogens is 522 g/mol. The molecule has 0 saturated heterocycles. The quantitative estimate of drug-likeness (QED) is 0.161. The smallest absolute Gasteiger partial charge is 0.354 e. The second-order valence-electron chi connectivity index (χ2n) is 9.45. The molecule has 1 amide bonds. The molecule has 0 unspecified atom stereocenters. The summed E-state index contributed by atoms with van der Waals surface area (Å²) in [5, 5.41) is 6.61. The van der Waals surface area contributed by atoms with Gasteiger partial charge in [-0.1, -0.05) is 26.0 Å². The molecule has 0 radical (unpaired) electrons. The van der Waals surface area contributed by atoms with Crippen molar-refractivity contribution in [1.82, 2.24) is 14.9 Å². The van der Waals surface area contributed by atoms with E-state index in [-0.39, 0.29) is 0 Å². The summed E-state index contributed by atoms with van der Waals surface area (Å²) in [6, 6.07) is 12.6. The Bertz CT molecular complexity index is 1500. The fourth-order valence-corrected chi connectivity index (χ4v) is 4.41. The van der Waals surface area contributed by atoms with Gasteiger partial charge in [-0.25, -0.2) is 14.4 Å². The summed E-state index contributed by atoms with van der Waals surface area (Å²) < 4.78 is 53.4. The molecule has 1 aromatic heterocycles. The van der Waals surface area contributed by atoms with Gasteiger partial charge >= 0.3 is 6.18 Å². The molecule has 2 N–H and O–H groups in total. The zero-order valence-corrected chi connectivity index (χ0v) is 22.6. The summed E-state index contributed by atoms with van der Waals surface area (Å²) >= 11 is 0. The Hall–Kier alpha value is -4.05. The predicted octanol–water partition coefficient (Wildman–Crippen LogP) is 7.16. The zero-order valence-electron chi connectivity index (χ0n) is 22.6. The molecule has 0 aliphatic rings. The first kappa shape index (κ1) is 28.9. The molecule has 210 valence electrons. The molecule has 4 aromatic rings. The van der Waals surface area contributed by atoms with Crippen molar-refractivity contribution in [3.05, 3.63) is 83.3 Å². The van der Waals surface area contributed by atoms with Gasteiger partial charge in [0.2, 0.25) is 5.95 Å². The number of nitrogens with zero attached hydrogens (tertiary/aromatic N) is 3. The van der Waals surface area contributed by atoms with Crippen LogP contribution in [0.25, 0.3) is 22.0 Å². The van der Waals surface area contributed by atoms with E-state index in [0.29, 0.717) is 29.8 Å². The Morgan fingerprint density at radius 1 is 1.00 bits per heavy atom. The third-order valence-corrected chi connectivity index (χ3v) is 6.75. The van der Waals surface area contributed by atoms with Crippen LogP contribution in [0.5, 0.6) is 0 Å². The maximum Gasteiger partial charge on any atom is 0.416 e. The van der Waals surface area contributed by atoms with E-state index in [1.54, 1.807) is 24.4 Å². The van der Waals surface area contributed by atoms with Crippen molar-refractivity contribution in [1.29, 1.82) is 0 Å². The number of rotatable bonds is 10. The lowest BCUT2D eigenvalue weighted by Gasteiger charge is -2.17. The normalized spacial score (nSPS) is 11.7. The third-order valence-electron chi connectivity index (χ3n) is 6.75. The fraction of sp³-hybridized carbons (Fsp3) is 0.300. The maximum atomic E-state index is 14.2. The Morgan fingerprint density at radius 2 is 1.77 bits per heavy atom. The monoisotopic (exact) mass is 553 g/mol. The largest absolute Gasteiger partial charge is 0.416 e. The van der Waals surface area contributed by atoms with Gasteiger partial charge in [-0.3, -0.25) is 4.79 Å². The molecule has 3 aromatic carbocycles. The lowest BCUT2D eigenvalue weighted by molar-refractivity contribution is -0.137. The second-order valence-corrected chi connectivity index (χ2v) is 9.45. The number of benzene rings is 3. The van der Waals surface area contributed by atoms with Crippen LogP contribution in [0.1, 0.15) is 41.8 Å². The van der Waals surface area contributed by atoms with Crippen molar-refractivity contribution in [2.75, 3.05) is 36.8 Å². The van der Waals surface area contributed by atoms with Crippen molar-refractivity contribution in [3.63, 3.8) is 0 Å². The Morgan fingerprint density at radius 3 is 2.50 bits per heavy atom. The molecule has 4 rings (SSSR count). The first-order valence-electron chi connectivity index (χ1n) is 13.1. The van der Waals surface area contributed by atoms with E-state index in [2.05, 4.69) is 39.3 Å². The van der Waals surface area contributed by atoms with Gasteiger partial charge in [-0.2, -0.15) is 13.2 Å². The van der Waals surface area contributed by atoms with E-state index in [4.69, 9.17) is 0 Å². The highest BCUT2D eigenvalue weighted by atomic mass is 19.4. The van der Waals surface area contributed by atoms with Crippen LogP contribution in [-0.2, 0) is 6.18 Å². The van der Waals surface area contributed by atoms with Gasteiger partial charge < -0.3 is 15.5 Å². The van der Waals surface area contributed by atoms with Gasteiger partial charge in [0.05, 0.1) is 16.6 Å². The molecular formula is C30H31F4N5O. The minimum absolute atomic E-state index is 0.322. The average Bonchev–Trinajstić information content (AvgIpc) is 2.93. The van der Waals surface area contributed by atoms with Crippen molar-refractivity contribution < 1.29 is 22.4 Å². The van der Waals surface area contributed by atoms with Gasteiger partial charge in [0.1, 0.15) is 5.82 Å². The molecule has 0 bridgehead atoms. The summed E-state index contributed by atoms with van der Waals surface area (Å²) in [4.78, 5) is 24.1. The number of hydrogen-bond acceptors (Lipinski definition) is 5. The number of aromatic nitrogens is 2. The maximum absolute atomic E-state index is 14.2. The Kier molecular flexibility index (Phi) is 8.99. The van der Waals surface area contributed by atoms with Crippen molar-refractivity contribution in [3.8, 4) is 11.1 Å². The van der Waals surface area contributed by atoms with E-state index >= 15 is 0 Å². The van der Waals surface area contributed by atoms with Gasteiger partial charge in [-0.15, -0.1) is 0 Å². The van der Waals surface area contributed by atoms with Crippen LogP contribution in [0.15, 0.2) is 60.8 Å². The zero-order chi connectivity index (χ0) is 28.9. The fourth-order valence-electron chi connectivity index (χ4n) is 4.41.